The molecule has 13 heteroatoms. The van der Waals surface area contributed by atoms with Crippen LogP contribution in [0.2, 0.25) is 0 Å². The standard InChI is InChI=1S/C25H36O13/c1-4-19(16-5-7-17(27)8-6-16)35-14-21(24(29)33-10-9-26)37-15-22(25(30)38-12-18-11-34-18)36-13-20(31-2)23(28)32-3/h5-8,18-22,26-27H,4,9-15H2,1-3H3. The zero-order valence-electron chi connectivity index (χ0n) is 21.7. The van der Waals surface area contributed by atoms with Crippen molar-refractivity contribution in [3.05, 3.63) is 29.8 Å². The fourth-order valence-corrected chi connectivity index (χ4v) is 3.15. The number of benzene rings is 1. The van der Waals surface area contributed by atoms with E-state index in [1.165, 1.54) is 26.4 Å². The van der Waals surface area contributed by atoms with E-state index in [4.69, 9.17) is 38.3 Å². The SMILES string of the molecule is CCC(OCC(OCC(OCC(OC)C(=O)OC)C(=O)OCC1CO1)C(=O)OCCO)c1ccc(O)cc1. The van der Waals surface area contributed by atoms with Gasteiger partial charge in [-0.15, -0.1) is 0 Å². The van der Waals surface area contributed by atoms with Crippen LogP contribution in [0.25, 0.3) is 0 Å². The minimum Gasteiger partial charge on any atom is -0.508 e. The van der Waals surface area contributed by atoms with Crippen LogP contribution in [-0.2, 0) is 52.3 Å². The number of hydrogen-bond acceptors (Lipinski definition) is 13. The van der Waals surface area contributed by atoms with Crippen LogP contribution in [0.3, 0.4) is 0 Å². The second-order valence-corrected chi connectivity index (χ2v) is 8.19. The van der Waals surface area contributed by atoms with Crippen molar-refractivity contribution < 1.29 is 62.5 Å². The Morgan fingerprint density at radius 1 is 0.921 bits per heavy atom. The molecule has 5 unspecified atom stereocenters. The van der Waals surface area contributed by atoms with Crippen LogP contribution >= 0.6 is 0 Å². The minimum absolute atomic E-state index is 0.0132. The van der Waals surface area contributed by atoms with Crippen LogP contribution in [0.4, 0.5) is 0 Å². The monoisotopic (exact) mass is 544 g/mol. The van der Waals surface area contributed by atoms with E-state index in [1.807, 2.05) is 6.92 Å². The first kappa shape index (κ1) is 31.4. The molecule has 1 aliphatic rings. The Kier molecular flexibility index (Phi) is 14.0. The molecule has 1 fully saturated rings. The van der Waals surface area contributed by atoms with Crippen LogP contribution in [0.5, 0.6) is 5.75 Å². The highest BCUT2D eigenvalue weighted by molar-refractivity contribution is 5.77. The number of aromatic hydroxyl groups is 1. The quantitative estimate of drug-likeness (QED) is 0.139. The summed E-state index contributed by atoms with van der Waals surface area (Å²) in [5.74, 6) is -2.21. The van der Waals surface area contributed by atoms with Crippen LogP contribution in [0.1, 0.15) is 25.0 Å². The van der Waals surface area contributed by atoms with Crippen LogP contribution in [-0.4, -0.2) is 113 Å². The molecule has 1 heterocycles. The highest BCUT2D eigenvalue weighted by Gasteiger charge is 2.32. The molecular formula is C25H36O13. The number of esters is 3. The lowest BCUT2D eigenvalue weighted by Crippen LogP contribution is -2.41. The molecule has 38 heavy (non-hydrogen) atoms. The van der Waals surface area contributed by atoms with E-state index >= 15 is 0 Å². The summed E-state index contributed by atoms with van der Waals surface area (Å²) in [5, 5.41) is 18.6. The molecule has 214 valence electrons. The Hall–Kier alpha value is -2.81. The summed E-state index contributed by atoms with van der Waals surface area (Å²) in [7, 11) is 2.46. The summed E-state index contributed by atoms with van der Waals surface area (Å²) in [6, 6.07) is 6.43. The van der Waals surface area contributed by atoms with Gasteiger partial charge in [0.2, 0.25) is 0 Å². The number of aliphatic hydroxyl groups excluding tert-OH is 1. The number of rotatable bonds is 19. The van der Waals surface area contributed by atoms with Gasteiger partial charge in [0, 0.05) is 7.11 Å². The van der Waals surface area contributed by atoms with Crippen molar-refractivity contribution in [3.63, 3.8) is 0 Å². The van der Waals surface area contributed by atoms with Gasteiger partial charge in [0.25, 0.3) is 0 Å². The van der Waals surface area contributed by atoms with Crippen molar-refractivity contribution in [2.45, 2.75) is 43.9 Å². The summed E-state index contributed by atoms with van der Waals surface area (Å²) in [6.07, 6.45) is -3.78. The molecule has 1 aliphatic heterocycles. The predicted molar refractivity (Wildman–Crippen MR) is 128 cm³/mol. The average molecular weight is 545 g/mol. The maximum Gasteiger partial charge on any atom is 0.337 e. The lowest BCUT2D eigenvalue weighted by atomic mass is 10.1. The lowest BCUT2D eigenvalue weighted by Gasteiger charge is -2.24. The van der Waals surface area contributed by atoms with Gasteiger partial charge in [0.05, 0.1) is 46.2 Å². The fraction of sp³-hybridized carbons (Fsp3) is 0.640. The van der Waals surface area contributed by atoms with Crippen molar-refractivity contribution in [2.24, 2.45) is 0 Å². The number of phenols is 1. The molecule has 5 atom stereocenters. The molecule has 0 spiro atoms. The molecular weight excluding hydrogens is 508 g/mol. The van der Waals surface area contributed by atoms with Gasteiger partial charge >= 0.3 is 17.9 Å². The van der Waals surface area contributed by atoms with E-state index < -0.39 is 55.5 Å². The van der Waals surface area contributed by atoms with Crippen LogP contribution in [0, 0.1) is 0 Å². The van der Waals surface area contributed by atoms with Crippen molar-refractivity contribution in [1.29, 1.82) is 0 Å². The van der Waals surface area contributed by atoms with E-state index in [-0.39, 0.29) is 38.3 Å². The molecule has 1 aromatic carbocycles. The number of epoxide rings is 1. The number of aliphatic hydroxyl groups is 1. The molecule has 0 bridgehead atoms. The number of hydrogen-bond donors (Lipinski definition) is 2. The number of methoxy groups -OCH3 is 2. The minimum atomic E-state index is -1.33. The number of carbonyl (C=O) groups excluding carboxylic acids is 3. The molecule has 2 rings (SSSR count). The van der Waals surface area contributed by atoms with Crippen LogP contribution in [0.15, 0.2) is 24.3 Å². The predicted octanol–water partition coefficient (Wildman–Crippen LogP) is 0.296. The first-order chi connectivity index (χ1) is 18.3. The Balaban J connectivity index is 2.07. The lowest BCUT2D eigenvalue weighted by molar-refractivity contribution is -0.180. The summed E-state index contributed by atoms with van der Waals surface area (Å²) in [4.78, 5) is 37.1. The smallest absolute Gasteiger partial charge is 0.337 e. The van der Waals surface area contributed by atoms with Gasteiger partial charge in [-0.3, -0.25) is 0 Å². The third kappa shape index (κ3) is 10.9. The number of carbonyl (C=O) groups is 3. The second kappa shape index (κ2) is 16.9. The number of ether oxygens (including phenoxy) is 8. The molecule has 0 radical (unpaired) electrons. The third-order valence-electron chi connectivity index (χ3n) is 5.41. The molecule has 0 aliphatic carbocycles. The maximum absolute atomic E-state index is 12.7. The topological polar surface area (TPSA) is 169 Å². The summed E-state index contributed by atoms with van der Waals surface area (Å²) in [5.41, 5.74) is 0.772. The largest absolute Gasteiger partial charge is 0.508 e. The van der Waals surface area contributed by atoms with Gasteiger partial charge in [-0.2, -0.15) is 0 Å². The Bertz CT molecular complexity index is 855. The molecule has 2 N–H and O–H groups in total. The molecule has 13 nitrogen and oxygen atoms in total. The van der Waals surface area contributed by atoms with Crippen molar-refractivity contribution in [3.8, 4) is 5.75 Å². The van der Waals surface area contributed by atoms with Gasteiger partial charge in [0.15, 0.2) is 18.3 Å². The molecule has 0 amide bonds. The Morgan fingerprint density at radius 2 is 1.50 bits per heavy atom. The van der Waals surface area contributed by atoms with E-state index in [2.05, 4.69) is 4.74 Å². The van der Waals surface area contributed by atoms with Gasteiger partial charge in [-0.05, 0) is 24.1 Å². The van der Waals surface area contributed by atoms with E-state index in [0.29, 0.717) is 13.0 Å². The second-order valence-electron chi connectivity index (χ2n) is 8.19. The van der Waals surface area contributed by atoms with Gasteiger partial charge < -0.3 is 48.1 Å². The Morgan fingerprint density at radius 3 is 2.03 bits per heavy atom. The summed E-state index contributed by atoms with van der Waals surface area (Å²) >= 11 is 0. The average Bonchev–Trinajstić information content (AvgIpc) is 3.76. The zero-order chi connectivity index (χ0) is 27.9. The normalized spacial score (nSPS) is 17.6. The molecule has 1 saturated heterocycles. The van der Waals surface area contributed by atoms with Gasteiger partial charge in [-0.25, -0.2) is 14.4 Å². The van der Waals surface area contributed by atoms with Crippen molar-refractivity contribution >= 4 is 17.9 Å². The Labute approximate surface area is 220 Å². The third-order valence-corrected chi connectivity index (χ3v) is 5.41. The highest BCUT2D eigenvalue weighted by Crippen LogP contribution is 2.23. The van der Waals surface area contributed by atoms with E-state index in [9.17, 15) is 19.5 Å². The summed E-state index contributed by atoms with van der Waals surface area (Å²) in [6.45, 7) is 0.682. The van der Waals surface area contributed by atoms with E-state index in [0.717, 1.165) is 5.56 Å². The summed E-state index contributed by atoms with van der Waals surface area (Å²) < 4.78 is 42.0. The first-order valence-electron chi connectivity index (χ1n) is 12.1. The van der Waals surface area contributed by atoms with Gasteiger partial charge in [-0.1, -0.05) is 19.1 Å². The first-order valence-corrected chi connectivity index (χ1v) is 12.1. The highest BCUT2D eigenvalue weighted by atomic mass is 16.6. The molecule has 0 aromatic heterocycles. The zero-order valence-corrected chi connectivity index (χ0v) is 21.7. The van der Waals surface area contributed by atoms with Crippen molar-refractivity contribution in [1.82, 2.24) is 0 Å². The number of phenolic OH excluding ortho intramolecular Hbond substituents is 1. The van der Waals surface area contributed by atoms with E-state index in [1.54, 1.807) is 12.1 Å². The maximum atomic E-state index is 12.7. The fourth-order valence-electron chi connectivity index (χ4n) is 3.15. The molecule has 1 aromatic rings. The molecule has 0 saturated carbocycles. The van der Waals surface area contributed by atoms with Crippen LogP contribution < -0.4 is 0 Å². The van der Waals surface area contributed by atoms with Gasteiger partial charge in [0.1, 0.15) is 25.1 Å². The van der Waals surface area contributed by atoms with Crippen molar-refractivity contribution in [2.75, 3.05) is 60.5 Å².